The Morgan fingerprint density at radius 2 is 1.19 bits per heavy atom. The maximum absolute atomic E-state index is 3.11. The minimum Gasteiger partial charge on any atom is -0.0894 e. The van der Waals surface area contributed by atoms with Gasteiger partial charge in [-0.1, -0.05) is 70.6 Å². The molecule has 0 heteroatoms. The van der Waals surface area contributed by atoms with Gasteiger partial charge in [-0.15, -0.1) is 0 Å². The Morgan fingerprint density at radius 1 is 0.625 bits per heavy atom. The molecule has 0 fully saturated rings. The molecular formula is C16H26. The fraction of sp³-hybridized carbons (Fsp3) is 0.750. The molecule has 0 unspecified atom stereocenters. The van der Waals surface area contributed by atoms with Gasteiger partial charge < -0.3 is 0 Å². The highest BCUT2D eigenvalue weighted by atomic mass is 14.0. The van der Waals surface area contributed by atoms with Gasteiger partial charge in [-0.3, -0.25) is 0 Å². The van der Waals surface area contributed by atoms with Gasteiger partial charge in [0.1, 0.15) is 0 Å². The van der Waals surface area contributed by atoms with Crippen molar-refractivity contribution in [3.63, 3.8) is 0 Å². The summed E-state index contributed by atoms with van der Waals surface area (Å²) in [7, 11) is 0. The standard InChI is InChI=1S/C16H26/c1-3-5-7-9-11-13-15-16-14-12-10-8-6-4-2/h3-5,7,9,11,13-16H2,1-2H3. The minimum absolute atomic E-state index is 0.909. The van der Waals surface area contributed by atoms with Crippen LogP contribution in [0.25, 0.3) is 0 Å². The first-order chi connectivity index (χ1) is 7.91. The second-order valence-electron chi connectivity index (χ2n) is 4.18. The summed E-state index contributed by atoms with van der Waals surface area (Å²) < 4.78 is 0. The fourth-order valence-corrected chi connectivity index (χ4v) is 1.59. The maximum Gasteiger partial charge on any atom is 0.00989 e. The monoisotopic (exact) mass is 218 g/mol. The van der Waals surface area contributed by atoms with Crippen molar-refractivity contribution in [1.29, 1.82) is 0 Å². The summed E-state index contributed by atoms with van der Waals surface area (Å²) in [5.74, 6) is 11.8. The van der Waals surface area contributed by atoms with Crippen LogP contribution in [0.15, 0.2) is 0 Å². The number of hydrogen-bond acceptors (Lipinski definition) is 0. The highest BCUT2D eigenvalue weighted by Crippen LogP contribution is 2.08. The SMILES string of the molecule is CCC#CC#CCCCCCCCCCC. The average Bonchev–Trinajstić information content (AvgIpc) is 2.31. The van der Waals surface area contributed by atoms with Crippen LogP contribution in [-0.2, 0) is 0 Å². The number of rotatable bonds is 8. The molecule has 0 aromatic heterocycles. The van der Waals surface area contributed by atoms with Gasteiger partial charge in [0.15, 0.2) is 0 Å². The third-order valence-corrected chi connectivity index (χ3v) is 2.57. The zero-order valence-corrected chi connectivity index (χ0v) is 11.1. The van der Waals surface area contributed by atoms with Crippen molar-refractivity contribution in [1.82, 2.24) is 0 Å². The van der Waals surface area contributed by atoms with E-state index in [0.29, 0.717) is 0 Å². The molecule has 0 heterocycles. The van der Waals surface area contributed by atoms with Crippen molar-refractivity contribution in [3.8, 4) is 23.7 Å². The molecule has 0 atom stereocenters. The summed E-state index contributed by atoms with van der Waals surface area (Å²) in [6.45, 7) is 4.31. The summed E-state index contributed by atoms with van der Waals surface area (Å²) in [5.41, 5.74) is 0. The quantitative estimate of drug-likeness (QED) is 0.400. The van der Waals surface area contributed by atoms with E-state index in [9.17, 15) is 0 Å². The lowest BCUT2D eigenvalue weighted by Crippen LogP contribution is -1.79. The van der Waals surface area contributed by atoms with Crippen molar-refractivity contribution < 1.29 is 0 Å². The molecule has 0 aromatic rings. The summed E-state index contributed by atoms with van der Waals surface area (Å²) in [4.78, 5) is 0. The molecule has 0 aliphatic rings. The van der Waals surface area contributed by atoms with Crippen LogP contribution in [0.1, 0.15) is 78.1 Å². The molecule has 0 aromatic carbocycles. The van der Waals surface area contributed by atoms with E-state index in [2.05, 4.69) is 30.6 Å². The zero-order valence-electron chi connectivity index (χ0n) is 11.1. The summed E-state index contributed by atoms with van der Waals surface area (Å²) in [6, 6.07) is 0. The number of unbranched alkanes of at least 4 members (excludes halogenated alkanes) is 8. The first-order valence-electron chi connectivity index (χ1n) is 6.87. The van der Waals surface area contributed by atoms with Crippen LogP contribution in [0.5, 0.6) is 0 Å². The van der Waals surface area contributed by atoms with Crippen molar-refractivity contribution in [2.75, 3.05) is 0 Å². The molecule has 0 bridgehead atoms. The Labute approximate surface area is 102 Å². The van der Waals surface area contributed by atoms with E-state index < -0.39 is 0 Å². The average molecular weight is 218 g/mol. The van der Waals surface area contributed by atoms with Crippen molar-refractivity contribution in [2.24, 2.45) is 0 Å². The van der Waals surface area contributed by atoms with Crippen LogP contribution in [0.2, 0.25) is 0 Å². The Bertz CT molecular complexity index is 241. The molecule has 0 rings (SSSR count). The largest absolute Gasteiger partial charge is 0.0894 e. The van der Waals surface area contributed by atoms with Gasteiger partial charge >= 0.3 is 0 Å². The van der Waals surface area contributed by atoms with E-state index in [1.54, 1.807) is 0 Å². The Balaban J connectivity index is 3.11. The lowest BCUT2D eigenvalue weighted by atomic mass is 10.1. The predicted octanol–water partition coefficient (Wildman–Crippen LogP) is 4.93. The second-order valence-corrected chi connectivity index (χ2v) is 4.18. The minimum atomic E-state index is 0.909. The maximum atomic E-state index is 3.11. The van der Waals surface area contributed by atoms with Crippen LogP contribution in [0.4, 0.5) is 0 Å². The van der Waals surface area contributed by atoms with Gasteiger partial charge in [0.2, 0.25) is 0 Å². The molecule has 0 saturated carbocycles. The molecular weight excluding hydrogens is 192 g/mol. The van der Waals surface area contributed by atoms with Crippen LogP contribution in [-0.4, -0.2) is 0 Å². The van der Waals surface area contributed by atoms with E-state index >= 15 is 0 Å². The van der Waals surface area contributed by atoms with Crippen molar-refractivity contribution in [3.05, 3.63) is 0 Å². The third kappa shape index (κ3) is 13.1. The van der Waals surface area contributed by atoms with Gasteiger partial charge in [0.25, 0.3) is 0 Å². The fourth-order valence-electron chi connectivity index (χ4n) is 1.59. The molecule has 90 valence electrons. The predicted molar refractivity (Wildman–Crippen MR) is 73.1 cm³/mol. The molecule has 0 aliphatic heterocycles. The molecule has 0 nitrogen and oxygen atoms in total. The van der Waals surface area contributed by atoms with Crippen LogP contribution >= 0.6 is 0 Å². The lowest BCUT2D eigenvalue weighted by molar-refractivity contribution is 0.579. The molecule has 0 radical (unpaired) electrons. The van der Waals surface area contributed by atoms with Gasteiger partial charge in [0.05, 0.1) is 0 Å². The van der Waals surface area contributed by atoms with Crippen LogP contribution < -0.4 is 0 Å². The second kappa shape index (κ2) is 14.1. The number of hydrogen-bond donors (Lipinski definition) is 0. The molecule has 16 heavy (non-hydrogen) atoms. The van der Waals surface area contributed by atoms with E-state index in [1.165, 1.54) is 51.4 Å². The molecule has 0 amide bonds. The Morgan fingerprint density at radius 3 is 1.81 bits per heavy atom. The first-order valence-corrected chi connectivity index (χ1v) is 6.87. The molecule has 0 saturated heterocycles. The van der Waals surface area contributed by atoms with Gasteiger partial charge in [-0.2, -0.15) is 0 Å². The Hall–Kier alpha value is -0.880. The van der Waals surface area contributed by atoms with E-state index in [4.69, 9.17) is 0 Å². The molecule has 0 N–H and O–H groups in total. The molecule has 0 aliphatic carbocycles. The topological polar surface area (TPSA) is 0 Å². The van der Waals surface area contributed by atoms with E-state index in [1.807, 2.05) is 6.92 Å². The Kier molecular flexibility index (Phi) is 13.3. The van der Waals surface area contributed by atoms with Crippen LogP contribution in [0, 0.1) is 23.7 Å². The lowest BCUT2D eigenvalue weighted by Gasteiger charge is -1.98. The summed E-state index contributed by atoms with van der Waals surface area (Å²) >= 11 is 0. The van der Waals surface area contributed by atoms with Gasteiger partial charge in [0, 0.05) is 12.8 Å². The van der Waals surface area contributed by atoms with E-state index in [0.717, 1.165) is 12.8 Å². The van der Waals surface area contributed by atoms with Gasteiger partial charge in [-0.05, 0) is 18.3 Å². The van der Waals surface area contributed by atoms with Crippen LogP contribution in [0.3, 0.4) is 0 Å². The van der Waals surface area contributed by atoms with Gasteiger partial charge in [-0.25, -0.2) is 0 Å². The summed E-state index contributed by atoms with van der Waals surface area (Å²) in [5, 5.41) is 0. The third-order valence-electron chi connectivity index (χ3n) is 2.57. The highest BCUT2D eigenvalue weighted by molar-refractivity contribution is 5.25. The zero-order chi connectivity index (χ0) is 11.9. The van der Waals surface area contributed by atoms with E-state index in [-0.39, 0.29) is 0 Å². The molecule has 0 spiro atoms. The first kappa shape index (κ1) is 15.1. The summed E-state index contributed by atoms with van der Waals surface area (Å²) in [6.07, 6.45) is 12.9. The smallest absolute Gasteiger partial charge is 0.00989 e. The highest BCUT2D eigenvalue weighted by Gasteiger charge is 1.89. The van der Waals surface area contributed by atoms with Crippen molar-refractivity contribution >= 4 is 0 Å². The normalized spacial score (nSPS) is 8.88. The van der Waals surface area contributed by atoms with Crippen molar-refractivity contribution in [2.45, 2.75) is 78.1 Å².